The van der Waals surface area contributed by atoms with Gasteiger partial charge in [-0.15, -0.1) is 0 Å². The van der Waals surface area contributed by atoms with Crippen molar-refractivity contribution in [3.8, 4) is 0 Å². The van der Waals surface area contributed by atoms with Gasteiger partial charge in [0, 0.05) is 17.2 Å². The molecule has 4 nitrogen and oxygen atoms in total. The van der Waals surface area contributed by atoms with E-state index in [2.05, 4.69) is 22.8 Å². The number of carbonyl (C=O) groups is 2. The van der Waals surface area contributed by atoms with E-state index in [1.807, 2.05) is 18.2 Å². The Bertz CT molecular complexity index is 796. The number of aryl methyl sites for hydroxylation is 1. The van der Waals surface area contributed by atoms with Crippen LogP contribution in [0.15, 0.2) is 48.5 Å². The number of amides is 2. The Hall–Kier alpha value is -2.62. The minimum absolute atomic E-state index is 0.0530. The number of benzene rings is 2. The Labute approximate surface area is 141 Å². The second-order valence-corrected chi connectivity index (χ2v) is 6.61. The van der Waals surface area contributed by atoms with Crippen LogP contribution < -0.4 is 10.6 Å². The monoisotopic (exact) mass is 320 g/mol. The summed E-state index contributed by atoms with van der Waals surface area (Å²) in [4.78, 5) is 24.4. The molecule has 0 aliphatic heterocycles. The molecule has 2 N–H and O–H groups in total. The summed E-state index contributed by atoms with van der Waals surface area (Å²) in [5, 5.41) is 6.00. The van der Waals surface area contributed by atoms with Gasteiger partial charge in [0.1, 0.15) is 0 Å². The largest absolute Gasteiger partial charge is 0.345 e. The van der Waals surface area contributed by atoms with Gasteiger partial charge >= 0.3 is 0 Å². The third-order valence-electron chi connectivity index (χ3n) is 4.78. The van der Waals surface area contributed by atoms with E-state index in [4.69, 9.17) is 0 Å². The first-order valence-electron chi connectivity index (χ1n) is 8.50. The molecule has 4 rings (SSSR count). The van der Waals surface area contributed by atoms with E-state index >= 15 is 0 Å². The molecule has 0 heterocycles. The van der Waals surface area contributed by atoms with E-state index in [-0.39, 0.29) is 23.8 Å². The van der Waals surface area contributed by atoms with Crippen LogP contribution in [-0.4, -0.2) is 11.8 Å². The van der Waals surface area contributed by atoms with Gasteiger partial charge in [-0.2, -0.15) is 0 Å². The van der Waals surface area contributed by atoms with Crippen LogP contribution in [0, 0.1) is 5.92 Å². The lowest BCUT2D eigenvalue weighted by Gasteiger charge is -2.14. The summed E-state index contributed by atoms with van der Waals surface area (Å²) in [5.74, 6) is 0.106. The summed E-state index contributed by atoms with van der Waals surface area (Å²) in [6, 6.07) is 15.5. The zero-order valence-electron chi connectivity index (χ0n) is 13.4. The Morgan fingerprint density at radius 2 is 1.79 bits per heavy atom. The highest BCUT2D eigenvalue weighted by Gasteiger charge is 2.29. The normalized spacial score (nSPS) is 18.8. The fourth-order valence-corrected chi connectivity index (χ4v) is 3.28. The Morgan fingerprint density at radius 3 is 2.62 bits per heavy atom. The number of rotatable bonds is 4. The molecule has 1 atom stereocenters. The van der Waals surface area contributed by atoms with Gasteiger partial charge in [0.2, 0.25) is 5.91 Å². The van der Waals surface area contributed by atoms with E-state index in [1.165, 1.54) is 11.1 Å². The Balaban J connectivity index is 1.46. The lowest BCUT2D eigenvalue weighted by Crippen LogP contribution is -2.27. The zero-order chi connectivity index (χ0) is 16.5. The summed E-state index contributed by atoms with van der Waals surface area (Å²) in [6.07, 6.45) is 3.86. The van der Waals surface area contributed by atoms with Crippen molar-refractivity contribution in [2.75, 3.05) is 5.32 Å². The molecular formula is C20H20N2O2. The van der Waals surface area contributed by atoms with Crippen LogP contribution in [0.2, 0.25) is 0 Å². The molecule has 2 aliphatic rings. The zero-order valence-corrected chi connectivity index (χ0v) is 13.4. The molecule has 2 amide bonds. The third-order valence-corrected chi connectivity index (χ3v) is 4.78. The fourth-order valence-electron chi connectivity index (χ4n) is 3.28. The Morgan fingerprint density at radius 1 is 0.958 bits per heavy atom. The molecule has 2 aromatic rings. The third kappa shape index (κ3) is 3.04. The van der Waals surface area contributed by atoms with Crippen LogP contribution in [0.1, 0.15) is 46.8 Å². The Kier molecular flexibility index (Phi) is 3.81. The first-order chi connectivity index (χ1) is 11.7. The molecule has 122 valence electrons. The first kappa shape index (κ1) is 14.9. The van der Waals surface area contributed by atoms with E-state index in [0.717, 1.165) is 25.7 Å². The van der Waals surface area contributed by atoms with Gasteiger partial charge < -0.3 is 10.6 Å². The second kappa shape index (κ2) is 6.11. The lowest BCUT2D eigenvalue weighted by atomic mass is 10.1. The van der Waals surface area contributed by atoms with Gasteiger partial charge in [0.05, 0.1) is 6.04 Å². The van der Waals surface area contributed by atoms with Crippen LogP contribution in [0.3, 0.4) is 0 Å². The van der Waals surface area contributed by atoms with Gasteiger partial charge in [0.15, 0.2) is 0 Å². The van der Waals surface area contributed by atoms with Gasteiger partial charge in [-0.05, 0) is 55.0 Å². The summed E-state index contributed by atoms with van der Waals surface area (Å²) in [6.45, 7) is 0. The number of hydrogen-bond acceptors (Lipinski definition) is 2. The number of fused-ring (bicyclic) bond motifs is 1. The van der Waals surface area contributed by atoms with Crippen molar-refractivity contribution in [2.45, 2.75) is 31.7 Å². The molecule has 1 fully saturated rings. The van der Waals surface area contributed by atoms with Crippen molar-refractivity contribution < 1.29 is 9.59 Å². The quantitative estimate of drug-likeness (QED) is 0.906. The van der Waals surface area contributed by atoms with Crippen LogP contribution in [0.5, 0.6) is 0 Å². The number of nitrogens with one attached hydrogen (secondary N) is 2. The molecule has 2 aromatic carbocycles. The van der Waals surface area contributed by atoms with Gasteiger partial charge in [-0.1, -0.05) is 30.3 Å². The summed E-state index contributed by atoms with van der Waals surface area (Å²) in [5.41, 5.74) is 3.79. The number of carbonyl (C=O) groups excluding carboxylic acids is 2. The van der Waals surface area contributed by atoms with Crippen molar-refractivity contribution in [1.29, 1.82) is 0 Å². The van der Waals surface area contributed by atoms with Crippen molar-refractivity contribution in [2.24, 2.45) is 5.92 Å². The molecule has 0 aromatic heterocycles. The van der Waals surface area contributed by atoms with Gasteiger partial charge in [-0.3, -0.25) is 9.59 Å². The van der Waals surface area contributed by atoms with Crippen molar-refractivity contribution in [3.05, 3.63) is 65.2 Å². The van der Waals surface area contributed by atoms with Crippen LogP contribution >= 0.6 is 0 Å². The molecule has 2 aliphatic carbocycles. The molecule has 1 unspecified atom stereocenters. The highest BCUT2D eigenvalue weighted by atomic mass is 16.2. The van der Waals surface area contributed by atoms with E-state index in [1.54, 1.807) is 18.2 Å². The molecule has 0 radical (unpaired) electrons. The molecule has 0 bridgehead atoms. The van der Waals surface area contributed by atoms with Gasteiger partial charge in [0.25, 0.3) is 5.91 Å². The van der Waals surface area contributed by atoms with Gasteiger partial charge in [-0.25, -0.2) is 0 Å². The number of hydrogen-bond donors (Lipinski definition) is 2. The second-order valence-electron chi connectivity index (χ2n) is 6.61. The lowest BCUT2D eigenvalue weighted by molar-refractivity contribution is -0.117. The summed E-state index contributed by atoms with van der Waals surface area (Å²) < 4.78 is 0. The summed E-state index contributed by atoms with van der Waals surface area (Å²) in [7, 11) is 0. The van der Waals surface area contributed by atoms with Crippen LogP contribution in [0.4, 0.5) is 5.69 Å². The molecular weight excluding hydrogens is 300 g/mol. The predicted molar refractivity (Wildman–Crippen MR) is 92.8 cm³/mol. The average Bonchev–Trinajstić information content (AvgIpc) is 3.38. The van der Waals surface area contributed by atoms with Crippen molar-refractivity contribution >= 4 is 17.5 Å². The predicted octanol–water partition coefficient (Wildman–Crippen LogP) is 3.45. The highest BCUT2D eigenvalue weighted by molar-refractivity contribution is 5.98. The molecule has 1 saturated carbocycles. The SMILES string of the molecule is O=C(NC1CCc2ccccc21)c1cccc(NC(=O)C2CC2)c1. The maximum absolute atomic E-state index is 12.6. The maximum Gasteiger partial charge on any atom is 0.251 e. The van der Waals surface area contributed by atoms with E-state index < -0.39 is 0 Å². The topological polar surface area (TPSA) is 58.2 Å². The molecule has 24 heavy (non-hydrogen) atoms. The summed E-state index contributed by atoms with van der Waals surface area (Å²) >= 11 is 0. The minimum atomic E-state index is -0.0979. The maximum atomic E-state index is 12.6. The molecule has 0 spiro atoms. The number of anilines is 1. The van der Waals surface area contributed by atoms with E-state index in [0.29, 0.717) is 11.3 Å². The highest BCUT2D eigenvalue weighted by Crippen LogP contribution is 2.31. The standard InChI is InChI=1S/C20H20N2O2/c23-19(14-8-9-14)21-16-6-3-5-15(12-16)20(24)22-18-11-10-13-4-1-2-7-17(13)18/h1-7,12,14,18H,8-11H2,(H,21,23)(H,22,24). The molecule has 4 heteroatoms. The van der Waals surface area contributed by atoms with Crippen LogP contribution in [-0.2, 0) is 11.2 Å². The van der Waals surface area contributed by atoms with Crippen LogP contribution in [0.25, 0.3) is 0 Å². The van der Waals surface area contributed by atoms with Crippen molar-refractivity contribution in [1.82, 2.24) is 5.32 Å². The average molecular weight is 320 g/mol. The molecule has 0 saturated heterocycles. The smallest absolute Gasteiger partial charge is 0.251 e. The van der Waals surface area contributed by atoms with Crippen molar-refractivity contribution in [3.63, 3.8) is 0 Å². The van der Waals surface area contributed by atoms with E-state index in [9.17, 15) is 9.59 Å². The first-order valence-corrected chi connectivity index (χ1v) is 8.50. The fraction of sp³-hybridized carbons (Fsp3) is 0.300. The minimum Gasteiger partial charge on any atom is -0.345 e.